The van der Waals surface area contributed by atoms with Crippen LogP contribution in [0.2, 0.25) is 0 Å². The lowest BCUT2D eigenvalue weighted by Crippen LogP contribution is -2.40. The number of carbonyl (C=O) groups is 1. The lowest BCUT2D eigenvalue weighted by atomic mass is 10.2. The van der Waals surface area contributed by atoms with Crippen LogP contribution in [-0.2, 0) is 17.9 Å². The summed E-state index contributed by atoms with van der Waals surface area (Å²) in [6, 6.07) is 1.92. The number of methoxy groups -OCH3 is 1. The Hall–Kier alpha value is -2.15. The van der Waals surface area contributed by atoms with Crippen LogP contribution in [0, 0.1) is 0 Å². The molecule has 1 atom stereocenters. The minimum absolute atomic E-state index is 0.0145. The minimum Gasteiger partial charge on any atom is -0.377 e. The Kier molecular flexibility index (Phi) is 3.27. The number of nitrogens with zero attached hydrogens (tertiary/aromatic N) is 4. The molecule has 1 aliphatic rings. The Balaban J connectivity index is 1.84. The van der Waals surface area contributed by atoms with Crippen molar-refractivity contribution in [3.63, 3.8) is 0 Å². The zero-order chi connectivity index (χ0) is 14.1. The summed E-state index contributed by atoms with van der Waals surface area (Å²) in [7, 11) is 1.64. The van der Waals surface area contributed by atoms with Gasteiger partial charge in [0.15, 0.2) is 11.6 Å². The molecule has 2 aromatic heterocycles. The van der Waals surface area contributed by atoms with Gasteiger partial charge in [-0.25, -0.2) is 0 Å². The predicted octanol–water partition coefficient (Wildman–Crippen LogP) is 0.970. The van der Waals surface area contributed by atoms with Crippen molar-refractivity contribution in [3.05, 3.63) is 35.7 Å². The number of aromatic nitrogens is 4. The second-order valence-electron chi connectivity index (χ2n) is 4.97. The highest BCUT2D eigenvalue weighted by molar-refractivity contribution is 5.94. The quantitative estimate of drug-likeness (QED) is 0.905. The van der Waals surface area contributed by atoms with Crippen LogP contribution in [0.1, 0.15) is 35.0 Å². The van der Waals surface area contributed by atoms with E-state index in [0.717, 1.165) is 11.6 Å². The fourth-order valence-electron chi connectivity index (χ4n) is 2.63. The third-order valence-corrected chi connectivity index (χ3v) is 3.50. The molecule has 7 nitrogen and oxygen atoms in total. The van der Waals surface area contributed by atoms with Gasteiger partial charge in [0.1, 0.15) is 6.61 Å². The highest BCUT2D eigenvalue weighted by Gasteiger charge is 2.29. The van der Waals surface area contributed by atoms with Crippen LogP contribution >= 0.6 is 0 Å². The molecule has 106 valence electrons. The van der Waals surface area contributed by atoms with Crippen molar-refractivity contribution in [3.8, 4) is 0 Å². The second-order valence-corrected chi connectivity index (χ2v) is 4.97. The summed E-state index contributed by atoms with van der Waals surface area (Å²) < 4.78 is 7.19. The molecule has 0 fully saturated rings. The fourth-order valence-corrected chi connectivity index (χ4v) is 2.63. The topological polar surface area (TPSA) is 76.0 Å². The maximum Gasteiger partial charge on any atom is 0.255 e. The van der Waals surface area contributed by atoms with Crippen LogP contribution < -0.4 is 0 Å². The molecule has 0 radical (unpaired) electrons. The summed E-state index contributed by atoms with van der Waals surface area (Å²) in [5.41, 5.74) is 0.669. The Labute approximate surface area is 116 Å². The van der Waals surface area contributed by atoms with Crippen molar-refractivity contribution in [1.29, 1.82) is 0 Å². The number of hydrogen-bond donors (Lipinski definition) is 1. The third kappa shape index (κ3) is 2.09. The van der Waals surface area contributed by atoms with Gasteiger partial charge in [-0.05, 0) is 13.0 Å². The van der Waals surface area contributed by atoms with E-state index in [2.05, 4.69) is 26.7 Å². The van der Waals surface area contributed by atoms with Crippen LogP contribution in [0.3, 0.4) is 0 Å². The first-order valence-corrected chi connectivity index (χ1v) is 6.54. The third-order valence-electron chi connectivity index (χ3n) is 3.50. The monoisotopic (exact) mass is 275 g/mol. The van der Waals surface area contributed by atoms with Crippen LogP contribution in [-0.4, -0.2) is 44.2 Å². The molecule has 0 unspecified atom stereocenters. The van der Waals surface area contributed by atoms with E-state index in [0.29, 0.717) is 25.3 Å². The molecule has 1 aliphatic heterocycles. The first-order valence-electron chi connectivity index (χ1n) is 6.54. The maximum atomic E-state index is 12.4. The molecule has 0 spiro atoms. The number of rotatable bonds is 3. The van der Waals surface area contributed by atoms with Gasteiger partial charge in [0.2, 0.25) is 0 Å². The average molecular weight is 275 g/mol. The van der Waals surface area contributed by atoms with E-state index in [1.54, 1.807) is 30.5 Å². The van der Waals surface area contributed by atoms with E-state index in [1.165, 1.54) is 0 Å². The van der Waals surface area contributed by atoms with Gasteiger partial charge < -0.3 is 19.2 Å². The van der Waals surface area contributed by atoms with Crippen LogP contribution in [0.15, 0.2) is 18.5 Å². The van der Waals surface area contributed by atoms with Gasteiger partial charge in [0.25, 0.3) is 5.91 Å². The van der Waals surface area contributed by atoms with Crippen LogP contribution in [0.4, 0.5) is 0 Å². The standard InChI is InChI=1S/C13H17N5O2/c1-9-6-17(13(19)10-3-4-14-5-10)7-11-15-16-12(8-20-2)18(9)11/h3-5,9,14H,6-8H2,1-2H3/t9-/m0/s1. The van der Waals surface area contributed by atoms with E-state index in [-0.39, 0.29) is 11.9 Å². The van der Waals surface area contributed by atoms with Gasteiger partial charge in [0.05, 0.1) is 18.2 Å². The number of carbonyl (C=O) groups excluding carboxylic acids is 1. The molecule has 2 aromatic rings. The molecular weight excluding hydrogens is 258 g/mol. The maximum absolute atomic E-state index is 12.4. The summed E-state index contributed by atoms with van der Waals surface area (Å²) >= 11 is 0. The summed E-state index contributed by atoms with van der Waals surface area (Å²) in [4.78, 5) is 17.1. The Morgan fingerprint density at radius 3 is 3.10 bits per heavy atom. The van der Waals surface area contributed by atoms with Crippen LogP contribution in [0.25, 0.3) is 0 Å². The molecule has 3 heterocycles. The molecule has 3 rings (SSSR count). The minimum atomic E-state index is 0.0145. The molecule has 0 aromatic carbocycles. The Morgan fingerprint density at radius 1 is 1.55 bits per heavy atom. The number of fused-ring (bicyclic) bond motifs is 1. The van der Waals surface area contributed by atoms with E-state index in [1.807, 2.05) is 0 Å². The molecule has 1 amide bonds. The fraction of sp³-hybridized carbons (Fsp3) is 0.462. The Bertz CT molecular complexity index is 604. The summed E-state index contributed by atoms with van der Waals surface area (Å²) in [5.74, 6) is 1.63. The van der Waals surface area contributed by atoms with E-state index >= 15 is 0 Å². The number of hydrogen-bond acceptors (Lipinski definition) is 4. The summed E-state index contributed by atoms with van der Waals surface area (Å²) in [6.45, 7) is 3.61. The molecule has 20 heavy (non-hydrogen) atoms. The zero-order valence-corrected chi connectivity index (χ0v) is 11.5. The Morgan fingerprint density at radius 2 is 2.40 bits per heavy atom. The smallest absolute Gasteiger partial charge is 0.255 e. The number of amides is 1. The normalized spacial score (nSPS) is 18.1. The molecule has 1 N–H and O–H groups in total. The predicted molar refractivity (Wildman–Crippen MR) is 71.0 cm³/mol. The van der Waals surface area contributed by atoms with Crippen molar-refractivity contribution in [2.45, 2.75) is 26.1 Å². The lowest BCUT2D eigenvalue weighted by molar-refractivity contribution is 0.0675. The molecule has 0 saturated carbocycles. The van der Waals surface area contributed by atoms with Gasteiger partial charge >= 0.3 is 0 Å². The van der Waals surface area contributed by atoms with Gasteiger partial charge in [0, 0.05) is 26.0 Å². The molecule has 0 aliphatic carbocycles. The number of ether oxygens (including phenoxy) is 1. The molecule has 0 saturated heterocycles. The van der Waals surface area contributed by atoms with E-state index in [9.17, 15) is 4.79 Å². The summed E-state index contributed by atoms with van der Waals surface area (Å²) in [5, 5.41) is 8.31. The van der Waals surface area contributed by atoms with Gasteiger partial charge in [-0.15, -0.1) is 10.2 Å². The van der Waals surface area contributed by atoms with Crippen molar-refractivity contribution in [2.75, 3.05) is 13.7 Å². The van der Waals surface area contributed by atoms with E-state index < -0.39 is 0 Å². The van der Waals surface area contributed by atoms with E-state index in [4.69, 9.17) is 4.74 Å². The van der Waals surface area contributed by atoms with Crippen molar-refractivity contribution < 1.29 is 9.53 Å². The SMILES string of the molecule is COCc1nnc2n1[C@@H](C)CN(C(=O)c1cc[nH]c1)C2. The first-order chi connectivity index (χ1) is 9.70. The molecule has 7 heteroatoms. The van der Waals surface area contributed by atoms with Crippen molar-refractivity contribution in [2.24, 2.45) is 0 Å². The first kappa shape index (κ1) is 12.9. The van der Waals surface area contributed by atoms with Crippen molar-refractivity contribution >= 4 is 5.91 Å². The van der Waals surface area contributed by atoms with Gasteiger partial charge in [-0.3, -0.25) is 4.79 Å². The molecular formula is C13H17N5O2. The van der Waals surface area contributed by atoms with Crippen molar-refractivity contribution in [1.82, 2.24) is 24.6 Å². The number of H-pyrrole nitrogens is 1. The lowest BCUT2D eigenvalue weighted by Gasteiger charge is -2.32. The molecule has 0 bridgehead atoms. The number of aromatic amines is 1. The van der Waals surface area contributed by atoms with Gasteiger partial charge in [-0.2, -0.15) is 0 Å². The largest absolute Gasteiger partial charge is 0.377 e. The highest BCUT2D eigenvalue weighted by atomic mass is 16.5. The number of nitrogens with one attached hydrogen (secondary N) is 1. The highest BCUT2D eigenvalue weighted by Crippen LogP contribution is 2.23. The zero-order valence-electron chi connectivity index (χ0n) is 11.5. The summed E-state index contributed by atoms with van der Waals surface area (Å²) in [6.07, 6.45) is 3.46. The van der Waals surface area contributed by atoms with Gasteiger partial charge in [-0.1, -0.05) is 0 Å². The second kappa shape index (κ2) is 5.09. The van der Waals surface area contributed by atoms with Crippen LogP contribution in [0.5, 0.6) is 0 Å². The average Bonchev–Trinajstić information content (AvgIpc) is 3.08.